The van der Waals surface area contributed by atoms with Crippen molar-refractivity contribution in [3.8, 4) is 16.9 Å². The van der Waals surface area contributed by atoms with Crippen LogP contribution in [0.4, 0.5) is 10.5 Å². The van der Waals surface area contributed by atoms with Crippen LogP contribution in [0.25, 0.3) is 11.1 Å². The van der Waals surface area contributed by atoms with Crippen molar-refractivity contribution in [2.45, 2.75) is 19.3 Å². The van der Waals surface area contributed by atoms with E-state index in [1.807, 2.05) is 12.1 Å². The molecule has 1 saturated heterocycles. The van der Waals surface area contributed by atoms with E-state index in [2.05, 4.69) is 41.3 Å². The molecule has 156 valence electrons. The van der Waals surface area contributed by atoms with Crippen LogP contribution in [-0.4, -0.2) is 62.6 Å². The van der Waals surface area contributed by atoms with E-state index in [0.29, 0.717) is 13.1 Å². The minimum atomic E-state index is -0.835. The smallest absolute Gasteiger partial charge is 0.407 e. The molecule has 1 amide bonds. The Bertz CT molecular complexity index is 753. The van der Waals surface area contributed by atoms with Gasteiger partial charge in [0.05, 0.1) is 6.61 Å². The van der Waals surface area contributed by atoms with Gasteiger partial charge in [-0.15, -0.1) is 0 Å². The summed E-state index contributed by atoms with van der Waals surface area (Å²) >= 11 is 0. The predicted octanol–water partition coefficient (Wildman–Crippen LogP) is 4.35. The van der Waals surface area contributed by atoms with Gasteiger partial charge in [0.2, 0.25) is 0 Å². The molecular formula is C23H30N2O4. The Morgan fingerprint density at radius 2 is 1.45 bits per heavy atom. The molecule has 0 aliphatic carbocycles. The van der Waals surface area contributed by atoms with E-state index in [9.17, 15) is 4.79 Å². The van der Waals surface area contributed by atoms with E-state index >= 15 is 0 Å². The van der Waals surface area contributed by atoms with Gasteiger partial charge in [0, 0.05) is 45.6 Å². The molecule has 1 N–H and O–H groups in total. The normalized spacial score (nSPS) is 14.1. The molecule has 6 nitrogen and oxygen atoms in total. The first-order valence-electron chi connectivity index (χ1n) is 10.2. The SMILES string of the molecule is COCCCCCOc1ccc(-c2ccc(N3CCN(C(=O)O)CC3)cc2)cc1. The van der Waals surface area contributed by atoms with Crippen molar-refractivity contribution in [3.63, 3.8) is 0 Å². The summed E-state index contributed by atoms with van der Waals surface area (Å²) in [5, 5.41) is 9.06. The molecule has 1 aliphatic heterocycles. The van der Waals surface area contributed by atoms with Crippen molar-refractivity contribution < 1.29 is 19.4 Å². The third-order valence-corrected chi connectivity index (χ3v) is 5.23. The Hall–Kier alpha value is -2.73. The van der Waals surface area contributed by atoms with Crippen molar-refractivity contribution in [3.05, 3.63) is 48.5 Å². The number of anilines is 1. The molecule has 2 aromatic carbocycles. The summed E-state index contributed by atoms with van der Waals surface area (Å²) in [6.07, 6.45) is 2.39. The van der Waals surface area contributed by atoms with E-state index < -0.39 is 6.09 Å². The van der Waals surface area contributed by atoms with Crippen molar-refractivity contribution in [2.24, 2.45) is 0 Å². The molecular weight excluding hydrogens is 368 g/mol. The average Bonchev–Trinajstić information content (AvgIpc) is 2.77. The second-order valence-corrected chi connectivity index (χ2v) is 7.23. The second kappa shape index (κ2) is 10.7. The minimum Gasteiger partial charge on any atom is -0.494 e. The highest BCUT2D eigenvalue weighted by molar-refractivity contribution is 5.68. The van der Waals surface area contributed by atoms with Gasteiger partial charge in [-0.3, -0.25) is 0 Å². The van der Waals surface area contributed by atoms with Crippen LogP contribution in [0.15, 0.2) is 48.5 Å². The fourth-order valence-electron chi connectivity index (χ4n) is 3.48. The standard InChI is InChI=1S/C23H30N2O4/c1-28-17-3-2-4-18-29-22-11-7-20(8-12-22)19-5-9-21(10-6-19)24-13-15-25(16-14-24)23(26)27/h5-12H,2-4,13-18H2,1H3,(H,26,27). The van der Waals surface area contributed by atoms with Crippen molar-refractivity contribution >= 4 is 11.8 Å². The maximum atomic E-state index is 11.0. The van der Waals surface area contributed by atoms with Gasteiger partial charge in [-0.2, -0.15) is 0 Å². The molecule has 0 radical (unpaired) electrons. The highest BCUT2D eigenvalue weighted by Crippen LogP contribution is 2.26. The molecule has 0 saturated carbocycles. The average molecular weight is 399 g/mol. The first-order valence-corrected chi connectivity index (χ1v) is 10.2. The number of piperazine rings is 1. The largest absolute Gasteiger partial charge is 0.494 e. The Kier molecular flexibility index (Phi) is 7.76. The number of carbonyl (C=O) groups is 1. The monoisotopic (exact) mass is 398 g/mol. The summed E-state index contributed by atoms with van der Waals surface area (Å²) in [4.78, 5) is 14.7. The lowest BCUT2D eigenvalue weighted by Gasteiger charge is -2.34. The number of methoxy groups -OCH3 is 1. The number of hydrogen-bond donors (Lipinski definition) is 1. The van der Waals surface area contributed by atoms with E-state index in [-0.39, 0.29) is 0 Å². The zero-order valence-electron chi connectivity index (χ0n) is 17.0. The molecule has 0 atom stereocenters. The molecule has 0 aromatic heterocycles. The van der Waals surface area contributed by atoms with Crippen LogP contribution < -0.4 is 9.64 Å². The zero-order chi connectivity index (χ0) is 20.5. The Labute approximate surface area is 172 Å². The fourth-order valence-corrected chi connectivity index (χ4v) is 3.48. The summed E-state index contributed by atoms with van der Waals surface area (Å²) in [5.74, 6) is 0.897. The van der Waals surface area contributed by atoms with Gasteiger partial charge in [0.25, 0.3) is 0 Å². The topological polar surface area (TPSA) is 62.2 Å². The summed E-state index contributed by atoms with van der Waals surface area (Å²) in [6.45, 7) is 4.08. The number of carboxylic acid groups (broad SMARTS) is 1. The Morgan fingerprint density at radius 3 is 2.03 bits per heavy atom. The molecule has 2 aromatic rings. The van der Waals surface area contributed by atoms with Crippen LogP contribution in [0, 0.1) is 0 Å². The maximum Gasteiger partial charge on any atom is 0.407 e. The van der Waals surface area contributed by atoms with Crippen molar-refractivity contribution in [1.29, 1.82) is 0 Å². The number of hydrogen-bond acceptors (Lipinski definition) is 4. The predicted molar refractivity (Wildman–Crippen MR) is 115 cm³/mol. The molecule has 0 unspecified atom stereocenters. The van der Waals surface area contributed by atoms with E-state index in [4.69, 9.17) is 14.6 Å². The van der Waals surface area contributed by atoms with Crippen LogP contribution in [0.2, 0.25) is 0 Å². The van der Waals surface area contributed by atoms with E-state index in [0.717, 1.165) is 68.1 Å². The summed E-state index contributed by atoms with van der Waals surface area (Å²) in [6, 6.07) is 16.6. The van der Waals surface area contributed by atoms with Crippen LogP contribution in [0.5, 0.6) is 5.75 Å². The molecule has 1 fully saturated rings. The molecule has 3 rings (SSSR count). The third kappa shape index (κ3) is 6.12. The fraction of sp³-hybridized carbons (Fsp3) is 0.435. The highest BCUT2D eigenvalue weighted by Gasteiger charge is 2.20. The van der Waals surface area contributed by atoms with Gasteiger partial charge in [0.1, 0.15) is 5.75 Å². The molecule has 0 spiro atoms. The van der Waals surface area contributed by atoms with Gasteiger partial charge >= 0.3 is 6.09 Å². The van der Waals surface area contributed by atoms with Gasteiger partial charge < -0.3 is 24.4 Å². The molecule has 0 bridgehead atoms. The third-order valence-electron chi connectivity index (χ3n) is 5.23. The number of ether oxygens (including phenoxy) is 2. The summed E-state index contributed by atoms with van der Waals surface area (Å²) in [7, 11) is 1.73. The van der Waals surface area contributed by atoms with Crippen molar-refractivity contribution in [1.82, 2.24) is 4.90 Å². The van der Waals surface area contributed by atoms with Crippen molar-refractivity contribution in [2.75, 3.05) is 51.4 Å². The number of benzene rings is 2. The van der Waals surface area contributed by atoms with E-state index in [1.54, 1.807) is 7.11 Å². The first kappa shape index (κ1) is 21.0. The van der Waals surface area contributed by atoms with E-state index in [1.165, 1.54) is 4.90 Å². The first-order chi connectivity index (χ1) is 14.2. The number of nitrogens with zero attached hydrogens (tertiary/aromatic N) is 2. The lowest BCUT2D eigenvalue weighted by Crippen LogP contribution is -2.48. The lowest BCUT2D eigenvalue weighted by molar-refractivity contribution is 0.142. The van der Waals surface area contributed by atoms with Gasteiger partial charge in [-0.05, 0) is 54.7 Å². The van der Waals surface area contributed by atoms with Gasteiger partial charge in [0.15, 0.2) is 0 Å². The number of rotatable bonds is 9. The number of unbranched alkanes of at least 4 members (excludes halogenated alkanes) is 2. The maximum absolute atomic E-state index is 11.0. The Balaban J connectivity index is 1.49. The highest BCUT2D eigenvalue weighted by atomic mass is 16.5. The zero-order valence-corrected chi connectivity index (χ0v) is 17.0. The second-order valence-electron chi connectivity index (χ2n) is 7.23. The van der Waals surface area contributed by atoms with Gasteiger partial charge in [-0.1, -0.05) is 24.3 Å². The van der Waals surface area contributed by atoms with Crippen LogP contribution in [0.3, 0.4) is 0 Å². The molecule has 29 heavy (non-hydrogen) atoms. The molecule has 1 aliphatic rings. The van der Waals surface area contributed by atoms with Gasteiger partial charge in [-0.25, -0.2) is 4.79 Å². The van der Waals surface area contributed by atoms with Crippen LogP contribution in [-0.2, 0) is 4.74 Å². The number of amides is 1. The molecule has 1 heterocycles. The Morgan fingerprint density at radius 1 is 0.862 bits per heavy atom. The quantitative estimate of drug-likeness (QED) is 0.637. The minimum absolute atomic E-state index is 0.547. The lowest BCUT2D eigenvalue weighted by atomic mass is 10.0. The van der Waals surface area contributed by atoms with Crippen LogP contribution >= 0.6 is 0 Å². The van der Waals surface area contributed by atoms with Crippen LogP contribution in [0.1, 0.15) is 19.3 Å². The summed E-state index contributed by atoms with van der Waals surface area (Å²) in [5.41, 5.74) is 3.44. The molecule has 6 heteroatoms. The summed E-state index contributed by atoms with van der Waals surface area (Å²) < 4.78 is 10.9.